The van der Waals surface area contributed by atoms with Crippen LogP contribution in [-0.2, 0) is 0 Å². The Kier molecular flexibility index (Phi) is 4.07. The number of rotatable bonds is 4. The van der Waals surface area contributed by atoms with Gasteiger partial charge >= 0.3 is 0 Å². The Morgan fingerprint density at radius 1 is 1.44 bits per heavy atom. The van der Waals surface area contributed by atoms with Crippen LogP contribution in [-0.4, -0.2) is 36.0 Å². The lowest BCUT2D eigenvalue weighted by Gasteiger charge is -2.33. The number of nitrogens with one attached hydrogen (secondary N) is 1. The molecule has 0 aromatic heterocycles. The molecule has 96 valence electrons. The smallest absolute Gasteiger partial charge is 0.269 e. The SMILES string of the molecule is C=C[C@H](c1cccc([N+](=O)[O-])c1)N1CCNCC1. The normalized spacial score (nSPS) is 18.2. The van der Waals surface area contributed by atoms with E-state index in [2.05, 4.69) is 16.8 Å². The summed E-state index contributed by atoms with van der Waals surface area (Å²) in [6.07, 6.45) is 1.85. The topological polar surface area (TPSA) is 58.4 Å². The number of nitrogens with zero attached hydrogens (tertiary/aromatic N) is 2. The average Bonchev–Trinajstić information content (AvgIpc) is 2.41. The predicted octanol–water partition coefficient (Wildman–Crippen LogP) is 1.73. The fourth-order valence-corrected chi connectivity index (χ4v) is 2.28. The number of non-ortho nitro benzene ring substituents is 1. The summed E-state index contributed by atoms with van der Waals surface area (Å²) in [6, 6.07) is 6.84. The second-order valence-electron chi connectivity index (χ2n) is 4.32. The van der Waals surface area contributed by atoms with Gasteiger partial charge < -0.3 is 5.32 Å². The van der Waals surface area contributed by atoms with Gasteiger partial charge in [-0.15, -0.1) is 6.58 Å². The first kappa shape index (κ1) is 12.7. The van der Waals surface area contributed by atoms with Gasteiger partial charge in [-0.3, -0.25) is 15.0 Å². The highest BCUT2D eigenvalue weighted by Gasteiger charge is 2.20. The third-order valence-electron chi connectivity index (χ3n) is 3.19. The summed E-state index contributed by atoms with van der Waals surface area (Å²) in [7, 11) is 0. The Morgan fingerprint density at radius 3 is 2.78 bits per heavy atom. The van der Waals surface area contributed by atoms with Crippen molar-refractivity contribution in [3.8, 4) is 0 Å². The third-order valence-corrected chi connectivity index (χ3v) is 3.19. The zero-order valence-corrected chi connectivity index (χ0v) is 10.2. The van der Waals surface area contributed by atoms with Crippen LogP contribution in [0.15, 0.2) is 36.9 Å². The first-order valence-electron chi connectivity index (χ1n) is 6.04. The van der Waals surface area contributed by atoms with Gasteiger partial charge in [-0.25, -0.2) is 0 Å². The lowest BCUT2D eigenvalue weighted by molar-refractivity contribution is -0.384. The molecule has 1 fully saturated rings. The maximum Gasteiger partial charge on any atom is 0.269 e. The molecule has 0 saturated carbocycles. The van der Waals surface area contributed by atoms with E-state index in [4.69, 9.17) is 0 Å². The standard InChI is InChI=1S/C13H17N3O2/c1-2-13(15-8-6-14-7-9-15)11-4-3-5-12(10-11)16(17)18/h2-5,10,13-14H,1,6-9H2/t13-/m1/s1. The van der Waals surface area contributed by atoms with Gasteiger partial charge in [-0.05, 0) is 5.56 Å². The van der Waals surface area contributed by atoms with Gasteiger partial charge in [-0.1, -0.05) is 18.2 Å². The van der Waals surface area contributed by atoms with Crippen LogP contribution >= 0.6 is 0 Å². The summed E-state index contributed by atoms with van der Waals surface area (Å²) in [5.74, 6) is 0. The molecule has 0 spiro atoms. The molecule has 5 nitrogen and oxygen atoms in total. The van der Waals surface area contributed by atoms with Gasteiger partial charge in [0.25, 0.3) is 5.69 Å². The van der Waals surface area contributed by atoms with E-state index < -0.39 is 0 Å². The summed E-state index contributed by atoms with van der Waals surface area (Å²) in [5.41, 5.74) is 1.07. The van der Waals surface area contributed by atoms with Crippen LogP contribution in [0.25, 0.3) is 0 Å². The zero-order valence-electron chi connectivity index (χ0n) is 10.2. The first-order chi connectivity index (χ1) is 8.72. The molecule has 1 N–H and O–H groups in total. The number of nitro benzene ring substituents is 1. The molecule has 1 aliphatic heterocycles. The van der Waals surface area contributed by atoms with Crippen molar-refractivity contribution in [1.82, 2.24) is 10.2 Å². The monoisotopic (exact) mass is 247 g/mol. The van der Waals surface area contributed by atoms with E-state index in [1.807, 2.05) is 12.1 Å². The van der Waals surface area contributed by atoms with E-state index in [0.29, 0.717) is 0 Å². The van der Waals surface area contributed by atoms with Crippen LogP contribution < -0.4 is 5.32 Å². The van der Waals surface area contributed by atoms with Gasteiger partial charge in [0.05, 0.1) is 11.0 Å². The van der Waals surface area contributed by atoms with Crippen molar-refractivity contribution in [1.29, 1.82) is 0 Å². The Labute approximate surface area is 106 Å². The summed E-state index contributed by atoms with van der Waals surface area (Å²) in [4.78, 5) is 12.7. The molecule has 0 bridgehead atoms. The van der Waals surface area contributed by atoms with Crippen molar-refractivity contribution < 1.29 is 4.92 Å². The van der Waals surface area contributed by atoms with E-state index in [1.54, 1.807) is 12.1 Å². The van der Waals surface area contributed by atoms with Gasteiger partial charge in [0.2, 0.25) is 0 Å². The summed E-state index contributed by atoms with van der Waals surface area (Å²) >= 11 is 0. The molecule has 0 amide bonds. The van der Waals surface area contributed by atoms with Gasteiger partial charge in [0, 0.05) is 38.3 Å². The highest BCUT2D eigenvalue weighted by atomic mass is 16.6. The molecule has 1 heterocycles. The van der Waals surface area contributed by atoms with Crippen LogP contribution in [0.5, 0.6) is 0 Å². The Balaban J connectivity index is 2.23. The number of hydrogen-bond acceptors (Lipinski definition) is 4. The van der Waals surface area contributed by atoms with Crippen molar-refractivity contribution in [2.75, 3.05) is 26.2 Å². The molecule has 18 heavy (non-hydrogen) atoms. The first-order valence-corrected chi connectivity index (χ1v) is 6.04. The van der Waals surface area contributed by atoms with E-state index in [9.17, 15) is 10.1 Å². The summed E-state index contributed by atoms with van der Waals surface area (Å²) in [5, 5.41) is 14.1. The Morgan fingerprint density at radius 2 is 2.17 bits per heavy atom. The summed E-state index contributed by atoms with van der Waals surface area (Å²) in [6.45, 7) is 7.60. The number of benzene rings is 1. The van der Waals surface area contributed by atoms with Crippen molar-refractivity contribution in [2.45, 2.75) is 6.04 Å². The lowest BCUT2D eigenvalue weighted by atomic mass is 10.0. The Bertz CT molecular complexity index is 442. The number of hydrogen-bond donors (Lipinski definition) is 1. The van der Waals surface area contributed by atoms with Crippen LogP contribution in [0.4, 0.5) is 5.69 Å². The predicted molar refractivity (Wildman–Crippen MR) is 70.5 cm³/mol. The van der Waals surface area contributed by atoms with Crippen LogP contribution in [0.3, 0.4) is 0 Å². The highest BCUT2D eigenvalue weighted by Crippen LogP contribution is 2.25. The van der Waals surface area contributed by atoms with E-state index in [0.717, 1.165) is 31.7 Å². The van der Waals surface area contributed by atoms with E-state index in [-0.39, 0.29) is 16.7 Å². The van der Waals surface area contributed by atoms with Crippen molar-refractivity contribution in [2.24, 2.45) is 0 Å². The Hall–Kier alpha value is -1.72. The fraction of sp³-hybridized carbons (Fsp3) is 0.385. The molecule has 1 saturated heterocycles. The zero-order chi connectivity index (χ0) is 13.0. The molecule has 1 aliphatic rings. The highest BCUT2D eigenvalue weighted by molar-refractivity contribution is 5.37. The van der Waals surface area contributed by atoms with Crippen molar-refractivity contribution in [3.05, 3.63) is 52.6 Å². The minimum atomic E-state index is -0.360. The molecule has 0 radical (unpaired) electrons. The minimum absolute atomic E-state index is 0.0481. The van der Waals surface area contributed by atoms with Crippen molar-refractivity contribution >= 4 is 5.69 Å². The van der Waals surface area contributed by atoms with Gasteiger partial charge in [0.15, 0.2) is 0 Å². The minimum Gasteiger partial charge on any atom is -0.314 e. The molecular weight excluding hydrogens is 230 g/mol. The number of nitro groups is 1. The molecule has 2 rings (SSSR count). The largest absolute Gasteiger partial charge is 0.314 e. The molecule has 1 aromatic carbocycles. The van der Waals surface area contributed by atoms with Gasteiger partial charge in [-0.2, -0.15) is 0 Å². The maximum absolute atomic E-state index is 10.8. The van der Waals surface area contributed by atoms with E-state index >= 15 is 0 Å². The second kappa shape index (κ2) is 5.75. The fourth-order valence-electron chi connectivity index (χ4n) is 2.28. The van der Waals surface area contributed by atoms with Crippen LogP contribution in [0.1, 0.15) is 11.6 Å². The second-order valence-corrected chi connectivity index (χ2v) is 4.32. The van der Waals surface area contributed by atoms with Crippen LogP contribution in [0.2, 0.25) is 0 Å². The van der Waals surface area contributed by atoms with Gasteiger partial charge in [0.1, 0.15) is 0 Å². The molecule has 5 heteroatoms. The molecule has 0 aliphatic carbocycles. The average molecular weight is 247 g/mol. The third kappa shape index (κ3) is 2.75. The maximum atomic E-state index is 10.8. The quantitative estimate of drug-likeness (QED) is 0.500. The summed E-state index contributed by atoms with van der Waals surface area (Å²) < 4.78 is 0. The van der Waals surface area contributed by atoms with E-state index in [1.165, 1.54) is 6.07 Å². The van der Waals surface area contributed by atoms with Crippen LogP contribution in [0, 0.1) is 10.1 Å². The molecule has 1 aromatic rings. The molecule has 1 atom stereocenters. The molecular formula is C13H17N3O2. The number of piperazine rings is 1. The molecule has 0 unspecified atom stereocenters. The lowest BCUT2D eigenvalue weighted by Crippen LogP contribution is -2.44. The van der Waals surface area contributed by atoms with Crippen molar-refractivity contribution in [3.63, 3.8) is 0 Å².